The highest BCUT2D eigenvalue weighted by atomic mass is 16.1. The van der Waals surface area contributed by atoms with E-state index in [4.69, 9.17) is 0 Å². The highest BCUT2D eigenvalue weighted by molar-refractivity contribution is 5.98. The lowest BCUT2D eigenvalue weighted by Gasteiger charge is -2.06. The van der Waals surface area contributed by atoms with Gasteiger partial charge in [-0.2, -0.15) is 0 Å². The summed E-state index contributed by atoms with van der Waals surface area (Å²) in [5.74, 6) is 0.882. The van der Waals surface area contributed by atoms with Crippen LogP contribution < -0.4 is 0 Å². The molecule has 0 aliphatic heterocycles. The average molecular weight is 279 g/mol. The van der Waals surface area contributed by atoms with E-state index in [9.17, 15) is 4.79 Å². The van der Waals surface area contributed by atoms with E-state index in [0.29, 0.717) is 6.42 Å². The summed E-state index contributed by atoms with van der Waals surface area (Å²) in [7, 11) is 1.95. The number of benzene rings is 1. The van der Waals surface area contributed by atoms with Crippen LogP contribution in [0.1, 0.15) is 28.7 Å². The largest absolute Gasteiger partial charge is 0.331 e. The van der Waals surface area contributed by atoms with Gasteiger partial charge < -0.3 is 4.57 Å². The average Bonchev–Trinajstić information content (AvgIpc) is 2.84. The van der Waals surface area contributed by atoms with Gasteiger partial charge in [-0.25, -0.2) is 4.98 Å². The second-order valence-electron chi connectivity index (χ2n) is 5.06. The number of carbonyl (C=O) groups is 1. The van der Waals surface area contributed by atoms with Gasteiger partial charge in [0.1, 0.15) is 5.82 Å². The molecule has 2 aromatic heterocycles. The molecular formula is C17H17N3O. The number of imidazole rings is 1. The number of para-hydroxylation sites is 2. The van der Waals surface area contributed by atoms with Crippen molar-refractivity contribution in [1.82, 2.24) is 14.5 Å². The molecule has 1 aromatic carbocycles. The van der Waals surface area contributed by atoms with Gasteiger partial charge in [0.05, 0.1) is 17.5 Å². The van der Waals surface area contributed by atoms with Gasteiger partial charge in [-0.15, -0.1) is 0 Å². The summed E-state index contributed by atoms with van der Waals surface area (Å²) in [6.45, 7) is 2.03. The molecule has 0 saturated carbocycles. The molecule has 2 heterocycles. The van der Waals surface area contributed by atoms with Crippen LogP contribution in [0.4, 0.5) is 0 Å². The van der Waals surface area contributed by atoms with Crippen molar-refractivity contribution in [3.63, 3.8) is 0 Å². The molecule has 0 aliphatic carbocycles. The lowest BCUT2D eigenvalue weighted by molar-refractivity contribution is 0.0989. The van der Waals surface area contributed by atoms with Crippen LogP contribution in [0.3, 0.4) is 0 Å². The van der Waals surface area contributed by atoms with Crippen molar-refractivity contribution in [2.75, 3.05) is 0 Å². The number of pyridine rings is 1. The molecule has 0 spiro atoms. The van der Waals surface area contributed by atoms with Gasteiger partial charge in [-0.1, -0.05) is 19.1 Å². The molecule has 0 fully saturated rings. The van der Waals surface area contributed by atoms with E-state index in [1.807, 2.05) is 42.8 Å². The van der Waals surface area contributed by atoms with Crippen molar-refractivity contribution in [3.8, 4) is 0 Å². The second-order valence-corrected chi connectivity index (χ2v) is 5.06. The van der Waals surface area contributed by atoms with Gasteiger partial charge in [0.2, 0.25) is 0 Å². The fraction of sp³-hybridized carbons (Fsp3) is 0.235. The molecule has 0 bridgehead atoms. The van der Waals surface area contributed by atoms with Crippen molar-refractivity contribution in [2.24, 2.45) is 7.05 Å². The van der Waals surface area contributed by atoms with E-state index in [2.05, 4.69) is 9.97 Å². The third-order valence-electron chi connectivity index (χ3n) is 3.78. The quantitative estimate of drug-likeness (QED) is 0.690. The van der Waals surface area contributed by atoms with Crippen molar-refractivity contribution in [1.29, 1.82) is 0 Å². The van der Waals surface area contributed by atoms with Crippen LogP contribution >= 0.6 is 0 Å². The predicted molar refractivity (Wildman–Crippen MR) is 82.4 cm³/mol. The maximum Gasteiger partial charge on any atom is 0.170 e. The summed E-state index contributed by atoms with van der Waals surface area (Å²) >= 11 is 0. The van der Waals surface area contributed by atoms with Gasteiger partial charge in [0.25, 0.3) is 0 Å². The first-order chi connectivity index (χ1) is 10.2. The van der Waals surface area contributed by atoms with Crippen LogP contribution in [0.2, 0.25) is 0 Å². The smallest absolute Gasteiger partial charge is 0.170 e. The summed E-state index contributed by atoms with van der Waals surface area (Å²) in [5, 5.41) is 0. The Morgan fingerprint density at radius 2 is 2.05 bits per heavy atom. The Bertz CT molecular complexity index is 805. The van der Waals surface area contributed by atoms with Crippen LogP contribution in [-0.2, 0) is 19.9 Å². The molecule has 0 radical (unpaired) electrons. The molecule has 0 amide bonds. The topological polar surface area (TPSA) is 47.8 Å². The number of aryl methyl sites for hydroxylation is 2. The van der Waals surface area contributed by atoms with Crippen LogP contribution in [-0.4, -0.2) is 20.3 Å². The first-order valence-electron chi connectivity index (χ1n) is 7.07. The fourth-order valence-corrected chi connectivity index (χ4v) is 2.57. The molecular weight excluding hydrogens is 262 g/mol. The Hall–Kier alpha value is -2.49. The minimum atomic E-state index is 0.0904. The van der Waals surface area contributed by atoms with Gasteiger partial charge in [-0.05, 0) is 30.2 Å². The number of fused-ring (bicyclic) bond motifs is 1. The number of Topliss-reactive ketones (excluding diaryl/α,β-unsaturated/α-hetero) is 1. The van der Waals surface area contributed by atoms with Crippen molar-refractivity contribution >= 4 is 16.8 Å². The zero-order valence-electron chi connectivity index (χ0n) is 12.2. The Morgan fingerprint density at radius 3 is 2.81 bits per heavy atom. The molecule has 0 atom stereocenters. The number of nitrogens with zero attached hydrogens (tertiary/aromatic N) is 3. The van der Waals surface area contributed by atoms with Gasteiger partial charge in [0.15, 0.2) is 5.78 Å². The summed E-state index contributed by atoms with van der Waals surface area (Å²) in [4.78, 5) is 21.2. The number of carbonyl (C=O) groups excluding carboxylic acids is 1. The SMILES string of the molecule is CCc1cnccc1C(=O)Cc1nc2ccccc2n1C. The fourth-order valence-electron chi connectivity index (χ4n) is 2.57. The first-order valence-corrected chi connectivity index (χ1v) is 7.07. The molecule has 0 aliphatic rings. The second kappa shape index (κ2) is 5.48. The minimum absolute atomic E-state index is 0.0904. The molecule has 106 valence electrons. The zero-order valence-corrected chi connectivity index (χ0v) is 12.2. The molecule has 3 aromatic rings. The Balaban J connectivity index is 1.95. The highest BCUT2D eigenvalue weighted by Crippen LogP contribution is 2.17. The van der Waals surface area contributed by atoms with Gasteiger partial charge in [-0.3, -0.25) is 9.78 Å². The molecule has 0 saturated heterocycles. The van der Waals surface area contributed by atoms with Crippen molar-refractivity contribution in [2.45, 2.75) is 19.8 Å². The third kappa shape index (κ3) is 2.44. The maximum absolute atomic E-state index is 12.5. The minimum Gasteiger partial charge on any atom is -0.331 e. The van der Waals surface area contributed by atoms with Crippen LogP contribution in [0, 0.1) is 0 Å². The third-order valence-corrected chi connectivity index (χ3v) is 3.78. The maximum atomic E-state index is 12.5. The van der Waals surface area contributed by atoms with E-state index < -0.39 is 0 Å². The van der Waals surface area contributed by atoms with Crippen LogP contribution in [0.5, 0.6) is 0 Å². The lowest BCUT2D eigenvalue weighted by Crippen LogP contribution is -2.10. The predicted octanol–water partition coefficient (Wildman–Crippen LogP) is 2.96. The number of ketones is 1. The Labute approximate surface area is 123 Å². The van der Waals surface area contributed by atoms with Gasteiger partial charge >= 0.3 is 0 Å². The van der Waals surface area contributed by atoms with E-state index in [1.165, 1.54) is 0 Å². The molecule has 4 heteroatoms. The molecule has 3 rings (SSSR count). The summed E-state index contributed by atoms with van der Waals surface area (Å²) < 4.78 is 1.99. The number of aromatic nitrogens is 3. The standard InChI is InChI=1S/C17H17N3O/c1-3-12-11-18-9-8-13(12)16(21)10-17-19-14-6-4-5-7-15(14)20(17)2/h4-9,11H,3,10H2,1-2H3. The Morgan fingerprint density at radius 1 is 1.24 bits per heavy atom. The number of hydrogen-bond donors (Lipinski definition) is 0. The lowest BCUT2D eigenvalue weighted by atomic mass is 10.0. The van der Waals surface area contributed by atoms with Crippen LogP contribution in [0.15, 0.2) is 42.7 Å². The van der Waals surface area contributed by atoms with E-state index >= 15 is 0 Å². The summed E-state index contributed by atoms with van der Waals surface area (Å²) in [6.07, 6.45) is 4.54. The monoisotopic (exact) mass is 279 g/mol. The summed E-state index contributed by atoms with van der Waals surface area (Å²) in [5.41, 5.74) is 3.71. The van der Waals surface area contributed by atoms with E-state index in [-0.39, 0.29) is 5.78 Å². The normalized spacial score (nSPS) is 11.0. The summed E-state index contributed by atoms with van der Waals surface area (Å²) in [6, 6.07) is 9.71. The number of rotatable bonds is 4. The van der Waals surface area contributed by atoms with Crippen LogP contribution in [0.25, 0.3) is 11.0 Å². The molecule has 4 nitrogen and oxygen atoms in total. The molecule has 21 heavy (non-hydrogen) atoms. The van der Waals surface area contributed by atoms with Crippen molar-refractivity contribution < 1.29 is 4.79 Å². The van der Waals surface area contributed by atoms with Gasteiger partial charge in [0, 0.05) is 25.0 Å². The van der Waals surface area contributed by atoms with Crippen molar-refractivity contribution in [3.05, 3.63) is 59.7 Å². The first kappa shape index (κ1) is 13.5. The van der Waals surface area contributed by atoms with E-state index in [1.54, 1.807) is 18.5 Å². The zero-order chi connectivity index (χ0) is 14.8. The molecule has 0 N–H and O–H groups in total. The van der Waals surface area contributed by atoms with E-state index in [0.717, 1.165) is 34.4 Å². The molecule has 0 unspecified atom stereocenters. The number of hydrogen-bond acceptors (Lipinski definition) is 3. The Kier molecular flexibility index (Phi) is 3.52. The highest BCUT2D eigenvalue weighted by Gasteiger charge is 2.15.